The van der Waals surface area contributed by atoms with E-state index in [0.29, 0.717) is 4.90 Å². The van der Waals surface area contributed by atoms with E-state index in [1.165, 1.54) is 0 Å². The van der Waals surface area contributed by atoms with Crippen molar-refractivity contribution in [2.75, 3.05) is 19.9 Å². The topological polar surface area (TPSA) is 124 Å². The average Bonchev–Trinajstić information content (AvgIpc) is 2.11. The molecule has 0 aliphatic rings. The maximum absolute atomic E-state index is 11.0. The van der Waals surface area contributed by atoms with Crippen molar-refractivity contribution >= 4 is 19.7 Å². The number of hydrogen-bond donors (Lipinski definition) is 3. The first-order chi connectivity index (χ1) is 6.78. The lowest BCUT2D eigenvalue weighted by atomic mass is 10.4. The molecule has 0 aromatic rings. The van der Waals surface area contributed by atoms with Gasteiger partial charge in [-0.25, -0.2) is 4.79 Å². The van der Waals surface area contributed by atoms with Crippen LogP contribution >= 0.6 is 7.60 Å². The van der Waals surface area contributed by atoms with Crippen molar-refractivity contribution in [2.24, 2.45) is 0 Å². The fourth-order valence-electron chi connectivity index (χ4n) is 0.731. The second-order valence-corrected chi connectivity index (χ2v) is 4.57. The summed E-state index contributed by atoms with van der Waals surface area (Å²) in [6.07, 6.45) is -2.65. The van der Waals surface area contributed by atoms with Crippen LogP contribution in [0.1, 0.15) is 6.42 Å². The first-order valence-electron chi connectivity index (χ1n) is 3.85. The van der Waals surface area contributed by atoms with Gasteiger partial charge in [0, 0.05) is 13.7 Å². The van der Waals surface area contributed by atoms with Crippen molar-refractivity contribution in [3.8, 4) is 0 Å². The summed E-state index contributed by atoms with van der Waals surface area (Å²) in [5.74, 6) is -1.19. The highest BCUT2D eigenvalue weighted by Crippen LogP contribution is 2.41. The van der Waals surface area contributed by atoms with Crippen molar-refractivity contribution in [3.05, 3.63) is 0 Å². The Morgan fingerprint density at radius 3 is 2.27 bits per heavy atom. The van der Waals surface area contributed by atoms with Crippen molar-refractivity contribution in [2.45, 2.75) is 6.42 Å². The highest BCUT2D eigenvalue weighted by Gasteiger charge is 2.25. The van der Waals surface area contributed by atoms with Crippen LogP contribution in [0.15, 0.2) is 0 Å². The van der Waals surface area contributed by atoms with E-state index in [-0.39, 0.29) is 6.54 Å². The predicted octanol–water partition coefficient (Wildman–Crippen LogP) is 0.230. The average molecular weight is 241 g/mol. The number of rotatable bonds is 6. The molecule has 1 amide bonds. The smallest absolute Gasteiger partial charge is 0.407 e. The SMILES string of the molecule is COP(=O)(O)CN(CCC(=O)O)C(=O)O. The van der Waals surface area contributed by atoms with Gasteiger partial charge in [-0.1, -0.05) is 0 Å². The van der Waals surface area contributed by atoms with Gasteiger partial charge in [0.15, 0.2) is 0 Å². The minimum atomic E-state index is -3.99. The molecule has 0 spiro atoms. The fourth-order valence-corrected chi connectivity index (χ4v) is 1.54. The molecule has 9 heteroatoms. The molecule has 88 valence electrons. The summed E-state index contributed by atoms with van der Waals surface area (Å²) in [7, 11) is -3.02. The zero-order valence-electron chi connectivity index (χ0n) is 7.99. The van der Waals surface area contributed by atoms with Crippen LogP contribution in [0.2, 0.25) is 0 Å². The normalized spacial score (nSPS) is 14.3. The zero-order chi connectivity index (χ0) is 12.1. The summed E-state index contributed by atoms with van der Waals surface area (Å²) in [5.41, 5.74) is 0. The minimum Gasteiger partial charge on any atom is -0.481 e. The monoisotopic (exact) mass is 241 g/mol. The van der Waals surface area contributed by atoms with Gasteiger partial charge in [0.05, 0.1) is 6.42 Å². The third kappa shape index (κ3) is 6.05. The van der Waals surface area contributed by atoms with Crippen LogP contribution in [-0.2, 0) is 13.9 Å². The third-order valence-corrected chi connectivity index (χ3v) is 2.77. The van der Waals surface area contributed by atoms with Crippen LogP contribution in [-0.4, -0.2) is 52.0 Å². The van der Waals surface area contributed by atoms with Crippen LogP contribution in [0.5, 0.6) is 0 Å². The van der Waals surface area contributed by atoms with Crippen molar-refractivity contribution in [1.82, 2.24) is 4.90 Å². The molecule has 0 aromatic heterocycles. The van der Waals surface area contributed by atoms with E-state index in [1.54, 1.807) is 0 Å². The summed E-state index contributed by atoms with van der Waals surface area (Å²) >= 11 is 0. The highest BCUT2D eigenvalue weighted by molar-refractivity contribution is 7.52. The largest absolute Gasteiger partial charge is 0.481 e. The molecule has 1 unspecified atom stereocenters. The van der Waals surface area contributed by atoms with Crippen LogP contribution in [0, 0.1) is 0 Å². The minimum absolute atomic E-state index is 0.363. The maximum atomic E-state index is 11.0. The van der Waals surface area contributed by atoms with Crippen molar-refractivity contribution in [3.63, 3.8) is 0 Å². The van der Waals surface area contributed by atoms with Gasteiger partial charge in [0.25, 0.3) is 0 Å². The number of carboxylic acids is 1. The molecular formula is C6H12NO7P. The molecule has 0 aromatic carbocycles. The Labute approximate surface area is 85.6 Å². The molecule has 1 atom stereocenters. The van der Waals surface area contributed by atoms with E-state index >= 15 is 0 Å². The Kier molecular flexibility index (Phi) is 5.27. The summed E-state index contributed by atoms with van der Waals surface area (Å²) in [6, 6.07) is 0. The van der Waals surface area contributed by atoms with Gasteiger partial charge >= 0.3 is 19.7 Å². The Bertz CT molecular complexity index is 291. The molecule has 0 saturated carbocycles. The Hall–Kier alpha value is -1.11. The van der Waals surface area contributed by atoms with E-state index in [0.717, 1.165) is 7.11 Å². The second kappa shape index (κ2) is 5.69. The number of carbonyl (C=O) groups is 2. The number of aliphatic carboxylic acids is 1. The standard InChI is InChI=1S/C6H12NO7P/c1-14-15(12,13)4-7(6(10)11)3-2-5(8)9/h2-4H2,1H3,(H,8,9)(H,10,11)(H,12,13). The Morgan fingerprint density at radius 2 is 1.93 bits per heavy atom. The summed E-state index contributed by atoms with van der Waals surface area (Å²) in [5, 5.41) is 16.9. The van der Waals surface area contributed by atoms with E-state index in [4.69, 9.17) is 15.1 Å². The first-order valence-corrected chi connectivity index (χ1v) is 5.62. The zero-order valence-corrected chi connectivity index (χ0v) is 8.88. The lowest BCUT2D eigenvalue weighted by molar-refractivity contribution is -0.137. The highest BCUT2D eigenvalue weighted by atomic mass is 31.2. The first kappa shape index (κ1) is 13.9. The van der Waals surface area contributed by atoms with Gasteiger partial charge in [-0.3, -0.25) is 14.3 Å². The molecule has 0 heterocycles. The van der Waals surface area contributed by atoms with Gasteiger partial charge in [-0.15, -0.1) is 0 Å². The molecule has 3 N–H and O–H groups in total. The van der Waals surface area contributed by atoms with E-state index < -0.39 is 32.4 Å². The molecule has 15 heavy (non-hydrogen) atoms. The lowest BCUT2D eigenvalue weighted by Crippen LogP contribution is -2.32. The van der Waals surface area contributed by atoms with Crippen LogP contribution < -0.4 is 0 Å². The summed E-state index contributed by atoms with van der Waals surface area (Å²) < 4.78 is 15.2. The number of hydrogen-bond acceptors (Lipinski definition) is 4. The van der Waals surface area contributed by atoms with Crippen molar-refractivity contribution < 1.29 is 33.8 Å². The third-order valence-electron chi connectivity index (χ3n) is 1.50. The molecule has 0 bridgehead atoms. The maximum Gasteiger partial charge on any atom is 0.407 e. The fraction of sp³-hybridized carbons (Fsp3) is 0.667. The molecular weight excluding hydrogens is 229 g/mol. The van der Waals surface area contributed by atoms with Gasteiger partial charge in [0.2, 0.25) is 0 Å². The van der Waals surface area contributed by atoms with Gasteiger partial charge in [-0.2, -0.15) is 0 Å². The Morgan fingerprint density at radius 1 is 1.40 bits per heavy atom. The van der Waals surface area contributed by atoms with E-state index in [9.17, 15) is 14.2 Å². The molecule has 0 rings (SSSR count). The van der Waals surface area contributed by atoms with Crippen LogP contribution in [0.3, 0.4) is 0 Å². The number of amides is 1. The molecule has 0 aliphatic carbocycles. The second-order valence-electron chi connectivity index (χ2n) is 2.65. The van der Waals surface area contributed by atoms with E-state index in [2.05, 4.69) is 4.52 Å². The molecule has 8 nitrogen and oxygen atoms in total. The Balaban J connectivity index is 4.35. The molecule has 0 radical (unpaired) electrons. The number of nitrogens with zero attached hydrogens (tertiary/aromatic N) is 1. The van der Waals surface area contributed by atoms with Gasteiger partial charge in [-0.05, 0) is 0 Å². The van der Waals surface area contributed by atoms with Crippen LogP contribution in [0.4, 0.5) is 4.79 Å². The quantitative estimate of drug-likeness (QED) is 0.568. The summed E-state index contributed by atoms with van der Waals surface area (Å²) in [4.78, 5) is 30.2. The van der Waals surface area contributed by atoms with Gasteiger partial charge in [0.1, 0.15) is 6.29 Å². The van der Waals surface area contributed by atoms with E-state index in [1.807, 2.05) is 0 Å². The molecule has 0 saturated heterocycles. The number of carboxylic acid groups (broad SMARTS) is 2. The molecule has 0 fully saturated rings. The van der Waals surface area contributed by atoms with Crippen molar-refractivity contribution in [1.29, 1.82) is 0 Å². The lowest BCUT2D eigenvalue weighted by Gasteiger charge is -2.20. The summed E-state index contributed by atoms with van der Waals surface area (Å²) in [6.45, 7) is -0.363. The van der Waals surface area contributed by atoms with Gasteiger partial charge < -0.3 is 19.6 Å². The van der Waals surface area contributed by atoms with Crippen LogP contribution in [0.25, 0.3) is 0 Å². The predicted molar refractivity (Wildman–Crippen MR) is 48.7 cm³/mol. The molecule has 0 aliphatic heterocycles.